The predicted octanol–water partition coefficient (Wildman–Crippen LogP) is 5.38. The summed E-state index contributed by atoms with van der Waals surface area (Å²) >= 11 is 3.31. The van der Waals surface area contributed by atoms with E-state index < -0.39 is 5.91 Å². The van der Waals surface area contributed by atoms with Gasteiger partial charge in [-0.05, 0) is 47.9 Å². The van der Waals surface area contributed by atoms with E-state index in [4.69, 9.17) is 0 Å². The number of hydrogen-bond acceptors (Lipinski definition) is 3. The molecule has 114 valence electrons. The van der Waals surface area contributed by atoms with Crippen LogP contribution in [0.4, 0.5) is 5.69 Å². The normalized spacial score (nSPS) is 11.8. The van der Waals surface area contributed by atoms with Gasteiger partial charge in [0.2, 0.25) is 0 Å². The van der Waals surface area contributed by atoms with Crippen molar-refractivity contribution in [3.63, 3.8) is 0 Å². The Morgan fingerprint density at radius 2 is 1.73 bits per heavy atom. The van der Waals surface area contributed by atoms with E-state index in [1.165, 1.54) is 0 Å². The van der Waals surface area contributed by atoms with Crippen molar-refractivity contribution in [1.82, 2.24) is 0 Å². The molecule has 0 aliphatic carbocycles. The molecule has 0 fully saturated rings. The van der Waals surface area contributed by atoms with Gasteiger partial charge < -0.3 is 5.11 Å². The van der Waals surface area contributed by atoms with E-state index in [1.54, 1.807) is 42.5 Å². The molecular weight excluding hydrogens is 344 g/mol. The third-order valence-electron chi connectivity index (χ3n) is 3.14. The van der Waals surface area contributed by atoms with Crippen molar-refractivity contribution in [1.29, 1.82) is 0 Å². The summed E-state index contributed by atoms with van der Waals surface area (Å²) in [5.41, 5.74) is 1.56. The van der Waals surface area contributed by atoms with E-state index >= 15 is 0 Å². The molecule has 0 atom stereocenters. The van der Waals surface area contributed by atoms with E-state index in [2.05, 4.69) is 26.2 Å². The molecule has 0 aliphatic rings. The number of aromatic hydroxyl groups is 1. The first-order chi connectivity index (χ1) is 10.3. The number of hydrogen-bond donors (Lipinski definition) is 1. The molecule has 0 spiro atoms. The van der Waals surface area contributed by atoms with E-state index in [9.17, 15) is 9.90 Å². The molecule has 0 aromatic heterocycles. The van der Waals surface area contributed by atoms with Gasteiger partial charge in [0.25, 0.3) is 5.91 Å². The fourth-order valence-corrected chi connectivity index (χ4v) is 2.20. The maximum absolute atomic E-state index is 12.0. The van der Waals surface area contributed by atoms with Gasteiger partial charge in [0.05, 0.1) is 5.69 Å². The van der Waals surface area contributed by atoms with Gasteiger partial charge in [-0.2, -0.15) is 0 Å². The largest absolute Gasteiger partial charge is 0.508 e. The van der Waals surface area contributed by atoms with Crippen LogP contribution in [-0.4, -0.2) is 11.0 Å². The maximum atomic E-state index is 12.0. The summed E-state index contributed by atoms with van der Waals surface area (Å²) in [7, 11) is 0. The zero-order valence-electron chi connectivity index (χ0n) is 12.7. The molecular formula is C17H17BrN2O2. The third kappa shape index (κ3) is 4.01. The summed E-state index contributed by atoms with van der Waals surface area (Å²) in [6.45, 7) is 5.99. The second kappa shape index (κ2) is 6.40. The molecule has 0 radical (unpaired) electrons. The Morgan fingerprint density at radius 3 is 2.32 bits per heavy atom. The lowest BCUT2D eigenvalue weighted by molar-refractivity contribution is 0.0995. The van der Waals surface area contributed by atoms with Crippen LogP contribution in [0.2, 0.25) is 0 Å². The van der Waals surface area contributed by atoms with Crippen molar-refractivity contribution in [2.24, 2.45) is 10.2 Å². The molecule has 0 unspecified atom stereocenters. The average molecular weight is 361 g/mol. The zero-order chi connectivity index (χ0) is 16.3. The molecule has 2 aromatic carbocycles. The smallest absolute Gasteiger partial charge is 0.295 e. The number of carbonyl (C=O) groups is 1. The quantitative estimate of drug-likeness (QED) is 0.731. The molecule has 5 heteroatoms. The standard InChI is InChI=1S/C17H17BrN2O2/c1-17(2,3)14-10-13(8-9-15(14)21)19-20-16(22)11-4-6-12(18)7-5-11/h4-10,21H,1-3H3. The highest BCUT2D eigenvalue weighted by Crippen LogP contribution is 2.33. The minimum atomic E-state index is -0.405. The molecule has 22 heavy (non-hydrogen) atoms. The summed E-state index contributed by atoms with van der Waals surface area (Å²) in [6, 6.07) is 11.9. The number of amides is 1. The van der Waals surface area contributed by atoms with Gasteiger partial charge in [-0.15, -0.1) is 10.2 Å². The van der Waals surface area contributed by atoms with Gasteiger partial charge >= 0.3 is 0 Å². The lowest BCUT2D eigenvalue weighted by Crippen LogP contribution is -2.10. The minimum Gasteiger partial charge on any atom is -0.508 e. The van der Waals surface area contributed by atoms with Crippen molar-refractivity contribution < 1.29 is 9.90 Å². The van der Waals surface area contributed by atoms with Gasteiger partial charge in [0.1, 0.15) is 5.75 Å². The number of phenolic OH excluding ortho intramolecular Hbond substituents is 1. The molecule has 0 heterocycles. The van der Waals surface area contributed by atoms with E-state index in [-0.39, 0.29) is 11.2 Å². The van der Waals surface area contributed by atoms with Crippen LogP contribution in [0.5, 0.6) is 5.75 Å². The van der Waals surface area contributed by atoms with Crippen molar-refractivity contribution in [3.05, 3.63) is 58.1 Å². The van der Waals surface area contributed by atoms with Crippen molar-refractivity contribution in [3.8, 4) is 5.75 Å². The molecule has 4 nitrogen and oxygen atoms in total. The van der Waals surface area contributed by atoms with Crippen molar-refractivity contribution in [2.45, 2.75) is 26.2 Å². The predicted molar refractivity (Wildman–Crippen MR) is 89.8 cm³/mol. The highest BCUT2D eigenvalue weighted by atomic mass is 79.9. The summed E-state index contributed by atoms with van der Waals surface area (Å²) in [5.74, 6) is -0.191. The van der Waals surface area contributed by atoms with Crippen LogP contribution in [-0.2, 0) is 5.41 Å². The highest BCUT2D eigenvalue weighted by Gasteiger charge is 2.18. The number of rotatable bonds is 2. The number of nitrogens with zero attached hydrogens (tertiary/aromatic N) is 2. The fraction of sp³-hybridized carbons (Fsp3) is 0.235. The van der Waals surface area contributed by atoms with Crippen LogP contribution in [0.25, 0.3) is 0 Å². The monoisotopic (exact) mass is 360 g/mol. The Balaban J connectivity index is 2.23. The number of azo groups is 1. The molecule has 1 N–H and O–H groups in total. The average Bonchev–Trinajstić information content (AvgIpc) is 2.45. The Morgan fingerprint density at radius 1 is 1.09 bits per heavy atom. The molecule has 2 rings (SSSR count). The summed E-state index contributed by atoms with van der Waals surface area (Å²) in [4.78, 5) is 12.0. The second-order valence-electron chi connectivity index (χ2n) is 5.96. The number of carbonyl (C=O) groups excluding carboxylic acids is 1. The zero-order valence-corrected chi connectivity index (χ0v) is 14.3. The Kier molecular flexibility index (Phi) is 4.76. The maximum Gasteiger partial charge on any atom is 0.295 e. The first kappa shape index (κ1) is 16.4. The summed E-state index contributed by atoms with van der Waals surface area (Å²) in [6.07, 6.45) is 0. The minimum absolute atomic E-state index is 0.214. The molecule has 2 aromatic rings. The topological polar surface area (TPSA) is 62.0 Å². The van der Waals surface area contributed by atoms with E-state index in [0.717, 1.165) is 10.0 Å². The van der Waals surface area contributed by atoms with Crippen molar-refractivity contribution >= 4 is 27.5 Å². The van der Waals surface area contributed by atoms with Gasteiger partial charge in [0.15, 0.2) is 0 Å². The third-order valence-corrected chi connectivity index (χ3v) is 3.66. The first-order valence-corrected chi connectivity index (χ1v) is 7.62. The Labute approximate surface area is 138 Å². The molecule has 0 saturated carbocycles. The van der Waals surface area contributed by atoms with Gasteiger partial charge in [-0.3, -0.25) is 4.79 Å². The summed E-state index contributed by atoms with van der Waals surface area (Å²) < 4.78 is 0.898. The fourth-order valence-electron chi connectivity index (χ4n) is 1.94. The Hall–Kier alpha value is -2.01. The van der Waals surface area contributed by atoms with Crippen LogP contribution in [0.1, 0.15) is 36.7 Å². The van der Waals surface area contributed by atoms with Gasteiger partial charge in [-0.25, -0.2) is 0 Å². The molecule has 0 aliphatic heterocycles. The lowest BCUT2D eigenvalue weighted by atomic mass is 9.86. The van der Waals surface area contributed by atoms with Crippen LogP contribution in [0.3, 0.4) is 0 Å². The molecule has 0 bridgehead atoms. The number of benzene rings is 2. The second-order valence-corrected chi connectivity index (χ2v) is 6.88. The van der Waals surface area contributed by atoms with Crippen LogP contribution in [0, 0.1) is 0 Å². The number of halogens is 1. The summed E-state index contributed by atoms with van der Waals surface area (Å²) in [5, 5.41) is 17.6. The van der Waals surface area contributed by atoms with Crippen LogP contribution >= 0.6 is 15.9 Å². The molecule has 1 amide bonds. The van der Waals surface area contributed by atoms with E-state index in [1.807, 2.05) is 20.8 Å². The van der Waals surface area contributed by atoms with Crippen LogP contribution < -0.4 is 0 Å². The number of phenols is 1. The highest BCUT2D eigenvalue weighted by molar-refractivity contribution is 9.10. The van der Waals surface area contributed by atoms with Gasteiger partial charge in [-0.1, -0.05) is 36.7 Å². The van der Waals surface area contributed by atoms with E-state index in [0.29, 0.717) is 11.3 Å². The van der Waals surface area contributed by atoms with Gasteiger partial charge in [0, 0.05) is 15.6 Å². The van der Waals surface area contributed by atoms with Crippen molar-refractivity contribution in [2.75, 3.05) is 0 Å². The molecule has 0 saturated heterocycles. The van der Waals surface area contributed by atoms with Crippen LogP contribution in [0.15, 0.2) is 57.2 Å². The Bertz CT molecular complexity index is 716. The SMILES string of the molecule is CC(C)(C)c1cc(N=NC(=O)c2ccc(Br)cc2)ccc1O. The first-order valence-electron chi connectivity index (χ1n) is 6.82. The lowest BCUT2D eigenvalue weighted by Gasteiger charge is -2.20.